The van der Waals surface area contributed by atoms with Crippen LogP contribution in [0.4, 0.5) is 0 Å². The first kappa shape index (κ1) is 11.1. The molecule has 86 valence electrons. The number of hydrogen-bond acceptors (Lipinski definition) is 2. The van der Waals surface area contributed by atoms with Crippen molar-refractivity contribution in [3.05, 3.63) is 34.9 Å². The number of hydrogen-bond donors (Lipinski definition) is 1. The summed E-state index contributed by atoms with van der Waals surface area (Å²) >= 11 is 0. The number of carbonyl (C=O) groups excluding carboxylic acids is 1. The van der Waals surface area contributed by atoms with Gasteiger partial charge in [-0.05, 0) is 29.5 Å². The van der Waals surface area contributed by atoms with Crippen molar-refractivity contribution in [3.8, 4) is 0 Å². The predicted octanol–water partition coefficient (Wildman–Crippen LogP) is 1.09. The van der Waals surface area contributed by atoms with Crippen LogP contribution in [0.3, 0.4) is 0 Å². The molecule has 3 heteroatoms. The molecule has 1 aliphatic heterocycles. The predicted molar refractivity (Wildman–Crippen MR) is 64.0 cm³/mol. The van der Waals surface area contributed by atoms with Crippen molar-refractivity contribution in [2.75, 3.05) is 13.1 Å². The lowest BCUT2D eigenvalue weighted by atomic mass is 9.96. The fraction of sp³-hybridized carbons (Fsp3) is 0.462. The highest BCUT2D eigenvalue weighted by Crippen LogP contribution is 2.20. The summed E-state index contributed by atoms with van der Waals surface area (Å²) in [5.41, 5.74) is 9.35. The van der Waals surface area contributed by atoms with Crippen molar-refractivity contribution in [2.24, 2.45) is 5.73 Å². The maximum atomic E-state index is 10.9. The van der Waals surface area contributed by atoms with E-state index in [4.69, 9.17) is 5.73 Å². The molecule has 16 heavy (non-hydrogen) atoms. The van der Waals surface area contributed by atoms with Crippen molar-refractivity contribution in [2.45, 2.75) is 26.3 Å². The zero-order chi connectivity index (χ0) is 11.5. The Labute approximate surface area is 96.2 Å². The van der Waals surface area contributed by atoms with E-state index in [1.54, 1.807) is 0 Å². The largest absolute Gasteiger partial charge is 0.369 e. The summed E-state index contributed by atoms with van der Waals surface area (Å²) in [7, 11) is 0. The maximum Gasteiger partial charge on any atom is 0.231 e. The minimum absolute atomic E-state index is 0.241. The van der Waals surface area contributed by atoms with Gasteiger partial charge in [-0.2, -0.15) is 0 Å². The highest BCUT2D eigenvalue weighted by atomic mass is 16.1. The minimum Gasteiger partial charge on any atom is -0.369 e. The van der Waals surface area contributed by atoms with E-state index < -0.39 is 0 Å². The molecule has 1 heterocycles. The van der Waals surface area contributed by atoms with Crippen molar-refractivity contribution in [3.63, 3.8) is 0 Å². The number of rotatable bonds is 3. The van der Waals surface area contributed by atoms with Crippen LogP contribution in [0.15, 0.2) is 18.2 Å². The molecule has 0 aliphatic carbocycles. The van der Waals surface area contributed by atoms with Crippen molar-refractivity contribution >= 4 is 5.91 Å². The zero-order valence-electron chi connectivity index (χ0n) is 9.70. The second kappa shape index (κ2) is 4.66. The van der Waals surface area contributed by atoms with Gasteiger partial charge >= 0.3 is 0 Å². The number of fused-ring (bicyclic) bond motifs is 1. The molecule has 0 saturated carbocycles. The average Bonchev–Trinajstić information content (AvgIpc) is 2.27. The van der Waals surface area contributed by atoms with E-state index in [-0.39, 0.29) is 5.91 Å². The Hall–Kier alpha value is -1.35. The van der Waals surface area contributed by atoms with Gasteiger partial charge in [0.25, 0.3) is 0 Å². The number of nitrogens with zero attached hydrogens (tertiary/aromatic N) is 1. The second-order valence-corrected chi connectivity index (χ2v) is 4.38. The van der Waals surface area contributed by atoms with Crippen LogP contribution in [-0.4, -0.2) is 23.9 Å². The molecule has 0 saturated heterocycles. The number of primary amides is 1. The normalized spacial score (nSPS) is 15.8. The second-order valence-electron chi connectivity index (χ2n) is 4.38. The van der Waals surface area contributed by atoms with E-state index in [9.17, 15) is 4.79 Å². The third-order valence-corrected chi connectivity index (χ3v) is 3.15. The lowest BCUT2D eigenvalue weighted by molar-refractivity contribution is -0.119. The van der Waals surface area contributed by atoms with Crippen molar-refractivity contribution in [1.29, 1.82) is 0 Å². The minimum atomic E-state index is -0.241. The molecule has 0 spiro atoms. The number of amides is 1. The monoisotopic (exact) mass is 218 g/mol. The first-order chi connectivity index (χ1) is 7.69. The van der Waals surface area contributed by atoms with Crippen LogP contribution < -0.4 is 5.73 Å². The van der Waals surface area contributed by atoms with E-state index in [0.717, 1.165) is 25.9 Å². The molecule has 0 radical (unpaired) electrons. The van der Waals surface area contributed by atoms with Gasteiger partial charge in [0.1, 0.15) is 0 Å². The molecule has 0 aromatic heterocycles. The Morgan fingerprint density at radius 1 is 1.44 bits per heavy atom. The van der Waals surface area contributed by atoms with Gasteiger partial charge in [-0.25, -0.2) is 0 Å². The Morgan fingerprint density at radius 2 is 2.25 bits per heavy atom. The summed E-state index contributed by atoms with van der Waals surface area (Å²) in [6.45, 7) is 4.31. The van der Waals surface area contributed by atoms with Gasteiger partial charge in [-0.15, -0.1) is 0 Å². The molecule has 1 aromatic rings. The molecule has 3 nitrogen and oxygen atoms in total. The standard InChI is InChI=1S/C13H18N2O/c1-2-10-3-4-11-5-6-15(9-13(14)16)8-12(11)7-10/h3-4,7H,2,5-6,8-9H2,1H3,(H2,14,16). The van der Waals surface area contributed by atoms with Crippen molar-refractivity contribution < 1.29 is 4.79 Å². The SMILES string of the molecule is CCc1ccc2c(c1)CN(CC(N)=O)CC2. The summed E-state index contributed by atoms with van der Waals surface area (Å²) in [4.78, 5) is 13.0. The Balaban J connectivity index is 2.14. The van der Waals surface area contributed by atoms with Gasteiger partial charge in [-0.3, -0.25) is 9.69 Å². The fourth-order valence-electron chi connectivity index (χ4n) is 2.24. The summed E-state index contributed by atoms with van der Waals surface area (Å²) in [5, 5.41) is 0. The van der Waals surface area contributed by atoms with Crippen LogP contribution in [0.1, 0.15) is 23.6 Å². The average molecular weight is 218 g/mol. The highest BCUT2D eigenvalue weighted by molar-refractivity contribution is 5.75. The van der Waals surface area contributed by atoms with E-state index in [1.165, 1.54) is 16.7 Å². The lowest BCUT2D eigenvalue weighted by Crippen LogP contribution is -2.37. The molecule has 2 N–H and O–H groups in total. The molecular formula is C13H18N2O. The van der Waals surface area contributed by atoms with Gasteiger partial charge in [0.2, 0.25) is 5.91 Å². The summed E-state index contributed by atoms with van der Waals surface area (Å²) in [6.07, 6.45) is 2.08. The highest BCUT2D eigenvalue weighted by Gasteiger charge is 2.17. The smallest absolute Gasteiger partial charge is 0.231 e. The van der Waals surface area contributed by atoms with Gasteiger partial charge in [0, 0.05) is 13.1 Å². The first-order valence-electron chi connectivity index (χ1n) is 5.80. The summed E-state index contributed by atoms with van der Waals surface area (Å²) < 4.78 is 0. The quantitative estimate of drug-likeness (QED) is 0.825. The van der Waals surface area contributed by atoms with Gasteiger partial charge in [0.15, 0.2) is 0 Å². The fourth-order valence-corrected chi connectivity index (χ4v) is 2.24. The van der Waals surface area contributed by atoms with Crippen LogP contribution in [0.25, 0.3) is 0 Å². The maximum absolute atomic E-state index is 10.9. The van der Waals surface area contributed by atoms with Gasteiger partial charge in [0.05, 0.1) is 6.54 Å². The summed E-state index contributed by atoms with van der Waals surface area (Å²) in [5.74, 6) is -0.241. The molecule has 0 atom stereocenters. The molecule has 0 bridgehead atoms. The van der Waals surface area contributed by atoms with Gasteiger partial charge < -0.3 is 5.73 Å². The van der Waals surface area contributed by atoms with Crippen LogP contribution in [0, 0.1) is 0 Å². The molecule has 1 aromatic carbocycles. The molecule has 1 amide bonds. The van der Waals surface area contributed by atoms with E-state index >= 15 is 0 Å². The zero-order valence-corrected chi connectivity index (χ0v) is 9.70. The molecule has 1 aliphatic rings. The topological polar surface area (TPSA) is 46.3 Å². The lowest BCUT2D eigenvalue weighted by Gasteiger charge is -2.27. The van der Waals surface area contributed by atoms with E-state index in [1.807, 2.05) is 0 Å². The third kappa shape index (κ3) is 2.42. The van der Waals surface area contributed by atoms with Crippen LogP contribution in [0.5, 0.6) is 0 Å². The van der Waals surface area contributed by atoms with Crippen LogP contribution in [-0.2, 0) is 24.2 Å². The number of nitrogens with two attached hydrogens (primary N) is 1. The Bertz CT molecular complexity index is 401. The number of benzene rings is 1. The molecule has 0 fully saturated rings. The third-order valence-electron chi connectivity index (χ3n) is 3.15. The summed E-state index contributed by atoms with van der Waals surface area (Å²) in [6, 6.07) is 6.67. The van der Waals surface area contributed by atoms with Gasteiger partial charge in [-0.1, -0.05) is 25.1 Å². The number of aryl methyl sites for hydroxylation is 1. The molecule has 0 unspecified atom stereocenters. The van der Waals surface area contributed by atoms with Crippen LogP contribution in [0.2, 0.25) is 0 Å². The molecule has 2 rings (SSSR count). The number of carbonyl (C=O) groups is 1. The van der Waals surface area contributed by atoms with E-state index in [2.05, 4.69) is 30.0 Å². The molecular weight excluding hydrogens is 200 g/mol. The Kier molecular flexibility index (Phi) is 3.25. The van der Waals surface area contributed by atoms with E-state index in [0.29, 0.717) is 6.54 Å². The first-order valence-corrected chi connectivity index (χ1v) is 5.80. The van der Waals surface area contributed by atoms with Crippen LogP contribution >= 0.6 is 0 Å². The Morgan fingerprint density at radius 3 is 2.94 bits per heavy atom. The van der Waals surface area contributed by atoms with Crippen molar-refractivity contribution in [1.82, 2.24) is 4.90 Å².